The summed E-state index contributed by atoms with van der Waals surface area (Å²) in [5, 5.41) is 2.57. The molecule has 0 aliphatic carbocycles. The molecule has 0 unspecified atom stereocenters. The van der Waals surface area contributed by atoms with Gasteiger partial charge in [0.05, 0.1) is 0 Å². The highest BCUT2D eigenvalue weighted by Crippen LogP contribution is 2.35. The van der Waals surface area contributed by atoms with Gasteiger partial charge in [-0.25, -0.2) is 0 Å². The molecule has 0 amide bonds. The van der Waals surface area contributed by atoms with Gasteiger partial charge in [0.2, 0.25) is 0 Å². The van der Waals surface area contributed by atoms with Crippen molar-refractivity contribution < 1.29 is 0 Å². The zero-order valence-corrected chi connectivity index (χ0v) is 10.6. The molecule has 0 saturated heterocycles. The summed E-state index contributed by atoms with van der Waals surface area (Å²) in [5.74, 6) is 0.00907. The fraction of sp³-hybridized carbons (Fsp3) is 0.143. The minimum Gasteiger partial charge on any atom is -0.329 e. The normalized spacial score (nSPS) is 12.6. The van der Waals surface area contributed by atoms with Gasteiger partial charge in [-0.05, 0) is 18.5 Å². The first-order valence-corrected chi connectivity index (χ1v) is 7.09. The Kier molecular flexibility index (Phi) is 4.27. The summed E-state index contributed by atoms with van der Waals surface area (Å²) in [6.45, 7) is 0.509. The van der Waals surface area contributed by atoms with Crippen LogP contribution in [0.1, 0.15) is 0 Å². The van der Waals surface area contributed by atoms with Gasteiger partial charge in [-0.3, -0.25) is 0 Å². The Bertz CT molecular complexity index is 405. The average Bonchev–Trinajstić information content (AvgIpc) is 2.41. The molecule has 0 saturated carbocycles. The van der Waals surface area contributed by atoms with Crippen LogP contribution in [0, 0.1) is 0 Å². The third-order valence-corrected chi connectivity index (χ3v) is 5.22. The van der Waals surface area contributed by atoms with E-state index in [0.29, 0.717) is 6.54 Å². The van der Waals surface area contributed by atoms with Crippen LogP contribution in [0.2, 0.25) is 0 Å². The van der Waals surface area contributed by atoms with Crippen molar-refractivity contribution in [2.75, 3.05) is 6.54 Å². The second-order valence-electron chi connectivity index (χ2n) is 3.84. The lowest BCUT2D eigenvalue weighted by Gasteiger charge is -2.24. The summed E-state index contributed by atoms with van der Waals surface area (Å²) in [7, 11) is -0.559. The number of hydrogen-bond donors (Lipinski definition) is 2. The molecular formula is C14H17N2P. The Morgan fingerprint density at radius 2 is 1.24 bits per heavy atom. The van der Waals surface area contributed by atoms with Crippen molar-refractivity contribution in [1.29, 1.82) is 0 Å². The van der Waals surface area contributed by atoms with Crippen molar-refractivity contribution in [1.82, 2.24) is 0 Å². The molecule has 0 aliphatic rings. The van der Waals surface area contributed by atoms with Crippen LogP contribution in [0.5, 0.6) is 0 Å². The van der Waals surface area contributed by atoms with Crippen molar-refractivity contribution in [3.05, 3.63) is 60.7 Å². The number of rotatable bonds is 4. The van der Waals surface area contributed by atoms with Crippen molar-refractivity contribution in [3.63, 3.8) is 0 Å². The molecule has 2 aromatic rings. The van der Waals surface area contributed by atoms with Crippen molar-refractivity contribution in [3.8, 4) is 0 Å². The largest absolute Gasteiger partial charge is 0.329 e. The summed E-state index contributed by atoms with van der Waals surface area (Å²) in [4.78, 5) is 0. The van der Waals surface area contributed by atoms with E-state index >= 15 is 0 Å². The zero-order valence-electron chi connectivity index (χ0n) is 9.66. The van der Waals surface area contributed by atoms with Crippen LogP contribution in [0.25, 0.3) is 0 Å². The van der Waals surface area contributed by atoms with Crippen molar-refractivity contribution in [2.45, 2.75) is 5.78 Å². The lowest BCUT2D eigenvalue weighted by atomic mass is 10.4. The summed E-state index contributed by atoms with van der Waals surface area (Å²) in [6.07, 6.45) is 0. The van der Waals surface area contributed by atoms with E-state index in [4.69, 9.17) is 11.5 Å². The maximum absolute atomic E-state index is 6.19. The number of nitrogens with two attached hydrogens (primary N) is 2. The van der Waals surface area contributed by atoms with Crippen LogP contribution in [0.4, 0.5) is 0 Å². The minimum absolute atomic E-state index is 0.00907. The molecule has 0 bridgehead atoms. The van der Waals surface area contributed by atoms with Gasteiger partial charge < -0.3 is 11.5 Å². The number of benzene rings is 2. The quantitative estimate of drug-likeness (QED) is 0.798. The monoisotopic (exact) mass is 244 g/mol. The molecule has 0 aromatic heterocycles. The third-order valence-electron chi connectivity index (χ3n) is 2.64. The van der Waals surface area contributed by atoms with Crippen molar-refractivity contribution >= 4 is 18.5 Å². The first kappa shape index (κ1) is 12.3. The summed E-state index contributed by atoms with van der Waals surface area (Å²) >= 11 is 0. The average molecular weight is 244 g/mol. The maximum atomic E-state index is 6.19. The van der Waals surface area contributed by atoms with E-state index in [2.05, 4.69) is 48.5 Å². The van der Waals surface area contributed by atoms with Gasteiger partial charge in [-0.15, -0.1) is 0 Å². The van der Waals surface area contributed by atoms with Gasteiger partial charge in [-0.1, -0.05) is 60.7 Å². The molecule has 0 fully saturated rings. The first-order valence-electron chi connectivity index (χ1n) is 5.68. The molecule has 4 N–H and O–H groups in total. The lowest BCUT2D eigenvalue weighted by Crippen LogP contribution is -2.34. The summed E-state index contributed by atoms with van der Waals surface area (Å²) in [6, 6.07) is 20.8. The van der Waals surface area contributed by atoms with Crippen LogP contribution in [0.3, 0.4) is 0 Å². The number of hydrogen-bond acceptors (Lipinski definition) is 2. The second-order valence-corrected chi connectivity index (χ2v) is 6.28. The molecule has 3 heteroatoms. The molecule has 0 spiro atoms. The van der Waals surface area contributed by atoms with E-state index in [1.54, 1.807) is 0 Å². The molecule has 2 aromatic carbocycles. The van der Waals surface area contributed by atoms with Gasteiger partial charge in [-0.2, -0.15) is 0 Å². The lowest BCUT2D eigenvalue weighted by molar-refractivity contribution is 0.905. The predicted molar refractivity (Wildman–Crippen MR) is 76.1 cm³/mol. The first-order chi connectivity index (χ1) is 8.33. The predicted octanol–water partition coefficient (Wildman–Crippen LogP) is 1.36. The van der Waals surface area contributed by atoms with Gasteiger partial charge >= 0.3 is 0 Å². The Morgan fingerprint density at radius 3 is 1.59 bits per heavy atom. The summed E-state index contributed by atoms with van der Waals surface area (Å²) in [5.41, 5.74) is 11.9. The van der Waals surface area contributed by atoms with Crippen LogP contribution in [-0.2, 0) is 0 Å². The van der Waals surface area contributed by atoms with E-state index in [0.717, 1.165) is 0 Å². The van der Waals surface area contributed by atoms with Gasteiger partial charge in [0, 0.05) is 12.3 Å². The highest BCUT2D eigenvalue weighted by atomic mass is 31.1. The summed E-state index contributed by atoms with van der Waals surface area (Å²) < 4.78 is 0. The van der Waals surface area contributed by atoms with Crippen LogP contribution in [0.15, 0.2) is 60.7 Å². The highest BCUT2D eigenvalue weighted by molar-refractivity contribution is 7.73. The fourth-order valence-electron chi connectivity index (χ4n) is 1.81. The van der Waals surface area contributed by atoms with Crippen LogP contribution in [-0.4, -0.2) is 12.3 Å². The third kappa shape index (κ3) is 2.92. The van der Waals surface area contributed by atoms with E-state index in [1.807, 2.05) is 12.1 Å². The van der Waals surface area contributed by atoms with E-state index < -0.39 is 7.92 Å². The Morgan fingerprint density at radius 1 is 0.824 bits per heavy atom. The molecule has 0 heterocycles. The van der Waals surface area contributed by atoms with E-state index in [-0.39, 0.29) is 5.78 Å². The molecule has 17 heavy (non-hydrogen) atoms. The van der Waals surface area contributed by atoms with E-state index in [9.17, 15) is 0 Å². The second kappa shape index (κ2) is 5.92. The molecule has 1 atom stereocenters. The molecule has 2 rings (SSSR count). The van der Waals surface area contributed by atoms with Crippen molar-refractivity contribution in [2.24, 2.45) is 11.5 Å². The SMILES string of the molecule is NC[C@@H](N)P(c1ccccc1)c1ccccc1. The van der Waals surface area contributed by atoms with Crippen LogP contribution >= 0.6 is 7.92 Å². The van der Waals surface area contributed by atoms with Crippen LogP contribution < -0.4 is 22.1 Å². The van der Waals surface area contributed by atoms with E-state index in [1.165, 1.54) is 10.6 Å². The highest BCUT2D eigenvalue weighted by Gasteiger charge is 2.19. The van der Waals surface area contributed by atoms with Gasteiger partial charge in [0.1, 0.15) is 0 Å². The Hall–Kier alpha value is -1.21. The fourth-order valence-corrected chi connectivity index (χ4v) is 4.08. The molecule has 2 nitrogen and oxygen atoms in total. The molecule has 88 valence electrons. The molecular weight excluding hydrogens is 227 g/mol. The Balaban J connectivity index is 2.39. The molecule has 0 aliphatic heterocycles. The minimum atomic E-state index is -0.559. The smallest absolute Gasteiger partial charge is 0.0450 e. The van der Waals surface area contributed by atoms with Gasteiger partial charge in [0.25, 0.3) is 0 Å². The maximum Gasteiger partial charge on any atom is 0.0450 e. The standard InChI is InChI=1S/C14H17N2P/c15-11-14(16)17(12-7-3-1-4-8-12)13-9-5-2-6-10-13/h1-10,14H,11,15-16H2/t14-/m0/s1. The topological polar surface area (TPSA) is 52.0 Å². The van der Waals surface area contributed by atoms with Gasteiger partial charge in [0.15, 0.2) is 0 Å². The zero-order chi connectivity index (χ0) is 12.1. The Labute approximate surface area is 103 Å². The molecule has 0 radical (unpaired) electrons.